The molecule has 0 aliphatic carbocycles. The molecule has 3 rings (SSSR count). The van der Waals surface area contributed by atoms with Gasteiger partial charge in [0.2, 0.25) is 5.88 Å². The largest absolute Gasteiger partial charge is 0.497 e. The predicted octanol–water partition coefficient (Wildman–Crippen LogP) is 3.20. The minimum Gasteiger partial charge on any atom is -0.497 e. The van der Waals surface area contributed by atoms with Crippen LogP contribution in [0.2, 0.25) is 0 Å². The van der Waals surface area contributed by atoms with Crippen molar-refractivity contribution in [2.45, 2.75) is 19.1 Å². The molecule has 1 amide bonds. The molecule has 2 aromatic heterocycles. The molecule has 12 heteroatoms. The summed E-state index contributed by atoms with van der Waals surface area (Å²) < 4.78 is 57.4. The molecule has 1 atom stereocenters. The van der Waals surface area contributed by atoms with Crippen molar-refractivity contribution in [1.82, 2.24) is 25.3 Å². The summed E-state index contributed by atoms with van der Waals surface area (Å²) in [6.07, 6.45) is -4.05. The van der Waals surface area contributed by atoms with Crippen LogP contribution in [0.15, 0.2) is 36.5 Å². The molecule has 170 valence electrons. The van der Waals surface area contributed by atoms with Gasteiger partial charge in [-0.05, 0) is 31.2 Å². The number of nitrogens with one attached hydrogen (secondary N) is 1. The van der Waals surface area contributed by atoms with Gasteiger partial charge in [-0.2, -0.15) is 18.3 Å². The van der Waals surface area contributed by atoms with Gasteiger partial charge in [-0.25, -0.2) is 4.68 Å². The lowest BCUT2D eigenvalue weighted by Gasteiger charge is -2.19. The Kier molecular flexibility index (Phi) is 6.51. The first-order valence-electron chi connectivity index (χ1n) is 9.25. The minimum atomic E-state index is -4.89. The second-order valence-electron chi connectivity index (χ2n) is 6.55. The zero-order valence-corrected chi connectivity index (χ0v) is 17.6. The van der Waals surface area contributed by atoms with E-state index in [4.69, 9.17) is 14.2 Å². The monoisotopic (exact) mass is 451 g/mol. The molecule has 9 nitrogen and oxygen atoms in total. The van der Waals surface area contributed by atoms with E-state index in [0.29, 0.717) is 21.7 Å². The lowest BCUT2D eigenvalue weighted by Crippen LogP contribution is -2.29. The summed E-state index contributed by atoms with van der Waals surface area (Å²) in [7, 11) is 4.27. The van der Waals surface area contributed by atoms with E-state index >= 15 is 0 Å². The molecule has 2 heterocycles. The fraction of sp³-hybridized carbons (Fsp3) is 0.300. The third kappa shape index (κ3) is 4.58. The van der Waals surface area contributed by atoms with Gasteiger partial charge in [0.05, 0.1) is 39.1 Å². The average Bonchev–Trinajstić information content (AvgIpc) is 3.24. The summed E-state index contributed by atoms with van der Waals surface area (Å²) in [4.78, 5) is 12.8. The Bertz CT molecular complexity index is 1100. The van der Waals surface area contributed by atoms with Crippen LogP contribution in [0.3, 0.4) is 0 Å². The maximum atomic E-state index is 13.9. The van der Waals surface area contributed by atoms with E-state index in [-0.39, 0.29) is 11.7 Å². The zero-order valence-electron chi connectivity index (χ0n) is 17.6. The van der Waals surface area contributed by atoms with Gasteiger partial charge in [-0.3, -0.25) is 4.79 Å². The van der Waals surface area contributed by atoms with E-state index in [9.17, 15) is 18.0 Å². The molecule has 0 saturated carbocycles. The molecule has 1 aromatic carbocycles. The Labute approximate surface area is 181 Å². The number of rotatable bonds is 7. The van der Waals surface area contributed by atoms with Crippen LogP contribution in [0.1, 0.15) is 34.6 Å². The van der Waals surface area contributed by atoms with Crippen LogP contribution >= 0.6 is 0 Å². The van der Waals surface area contributed by atoms with Crippen molar-refractivity contribution in [3.8, 4) is 23.2 Å². The van der Waals surface area contributed by atoms with E-state index < -0.39 is 29.4 Å². The first kappa shape index (κ1) is 22.8. The first-order chi connectivity index (χ1) is 15.2. The van der Waals surface area contributed by atoms with Crippen LogP contribution in [0.25, 0.3) is 5.82 Å². The maximum absolute atomic E-state index is 13.9. The Balaban J connectivity index is 1.95. The van der Waals surface area contributed by atoms with Crippen LogP contribution in [-0.4, -0.2) is 47.2 Å². The van der Waals surface area contributed by atoms with E-state index in [1.165, 1.54) is 33.5 Å². The molecule has 0 bridgehead atoms. The highest BCUT2D eigenvalue weighted by atomic mass is 19.4. The summed E-state index contributed by atoms with van der Waals surface area (Å²) in [6.45, 7) is 1.61. The summed E-state index contributed by atoms with van der Waals surface area (Å²) in [6, 6.07) is 6.82. The number of nitrogens with zero attached hydrogens (tertiary/aromatic N) is 4. The molecular formula is C20H20F3N5O4. The number of ether oxygens (including phenoxy) is 3. The molecule has 0 aliphatic rings. The number of carbonyl (C=O) groups excluding carboxylic acids is 1. The molecule has 0 saturated heterocycles. The van der Waals surface area contributed by atoms with Gasteiger partial charge in [0, 0.05) is 11.6 Å². The topological polar surface area (TPSA) is 100 Å². The third-order valence-electron chi connectivity index (χ3n) is 4.59. The maximum Gasteiger partial charge on any atom is 0.434 e. The number of methoxy groups -OCH3 is 3. The Hall–Kier alpha value is -3.83. The van der Waals surface area contributed by atoms with Gasteiger partial charge in [-0.15, -0.1) is 10.2 Å². The number of hydrogen-bond acceptors (Lipinski definition) is 7. The first-order valence-corrected chi connectivity index (χ1v) is 9.25. The van der Waals surface area contributed by atoms with E-state index in [1.54, 1.807) is 25.1 Å². The number of aromatic nitrogens is 4. The molecule has 0 spiro atoms. The normalized spacial score (nSPS) is 12.2. The van der Waals surface area contributed by atoms with Crippen LogP contribution in [-0.2, 0) is 6.18 Å². The fourth-order valence-electron chi connectivity index (χ4n) is 3.03. The van der Waals surface area contributed by atoms with Gasteiger partial charge in [-0.1, -0.05) is 0 Å². The van der Waals surface area contributed by atoms with Gasteiger partial charge in [0.25, 0.3) is 5.91 Å². The highest BCUT2D eigenvalue weighted by Crippen LogP contribution is 2.34. The van der Waals surface area contributed by atoms with Crippen molar-refractivity contribution >= 4 is 5.91 Å². The van der Waals surface area contributed by atoms with Crippen LogP contribution in [0, 0.1) is 0 Å². The van der Waals surface area contributed by atoms with Gasteiger partial charge >= 0.3 is 6.18 Å². The van der Waals surface area contributed by atoms with Crippen molar-refractivity contribution < 1.29 is 32.2 Å². The molecular weight excluding hydrogens is 431 g/mol. The Morgan fingerprint density at radius 1 is 1.06 bits per heavy atom. The highest BCUT2D eigenvalue weighted by Gasteiger charge is 2.41. The molecule has 3 aromatic rings. The van der Waals surface area contributed by atoms with Crippen molar-refractivity contribution in [2.24, 2.45) is 0 Å². The second kappa shape index (κ2) is 9.12. The minimum absolute atomic E-state index is 0.119. The quantitative estimate of drug-likeness (QED) is 0.589. The molecule has 0 radical (unpaired) electrons. The number of hydrogen-bond donors (Lipinski definition) is 1. The lowest BCUT2D eigenvalue weighted by atomic mass is 10.1. The van der Waals surface area contributed by atoms with Crippen molar-refractivity contribution in [1.29, 1.82) is 0 Å². The highest BCUT2D eigenvalue weighted by molar-refractivity contribution is 5.95. The molecule has 32 heavy (non-hydrogen) atoms. The summed E-state index contributed by atoms with van der Waals surface area (Å²) >= 11 is 0. The van der Waals surface area contributed by atoms with E-state index in [0.717, 1.165) is 6.20 Å². The van der Waals surface area contributed by atoms with Crippen molar-refractivity contribution in [3.63, 3.8) is 0 Å². The number of benzene rings is 1. The average molecular weight is 451 g/mol. The molecule has 0 fully saturated rings. The lowest BCUT2D eigenvalue weighted by molar-refractivity contribution is -0.143. The van der Waals surface area contributed by atoms with Gasteiger partial charge in [0.1, 0.15) is 11.5 Å². The second-order valence-corrected chi connectivity index (χ2v) is 6.55. The standard InChI is InChI=1S/C20H20F3N5O4/c1-11(13-9-12(30-2)5-6-15(13)31-3)25-19(29)14-10-24-28(18(14)20(21,22)23)16-7-8-17(32-4)27-26-16/h5-11H,1-4H3,(H,25,29). The number of halogens is 3. The predicted molar refractivity (Wildman–Crippen MR) is 106 cm³/mol. The van der Waals surface area contributed by atoms with Gasteiger partial charge in [0.15, 0.2) is 11.5 Å². The third-order valence-corrected chi connectivity index (χ3v) is 4.59. The zero-order chi connectivity index (χ0) is 23.5. The van der Waals surface area contributed by atoms with Crippen LogP contribution < -0.4 is 19.5 Å². The Morgan fingerprint density at radius 3 is 2.38 bits per heavy atom. The SMILES string of the molecule is COc1ccc(OC)c(C(C)NC(=O)c2cnn(-c3ccc(OC)nn3)c2C(F)(F)F)c1. The number of alkyl halides is 3. The fourth-order valence-corrected chi connectivity index (χ4v) is 3.03. The summed E-state index contributed by atoms with van der Waals surface area (Å²) in [5.74, 6) is -0.127. The molecule has 1 N–H and O–H groups in total. The molecule has 0 aliphatic heterocycles. The van der Waals surface area contributed by atoms with E-state index in [1.807, 2.05) is 0 Å². The number of amides is 1. The van der Waals surface area contributed by atoms with Crippen LogP contribution in [0.5, 0.6) is 17.4 Å². The Morgan fingerprint density at radius 2 is 1.81 bits per heavy atom. The van der Waals surface area contributed by atoms with Crippen molar-refractivity contribution in [2.75, 3.05) is 21.3 Å². The smallest absolute Gasteiger partial charge is 0.434 e. The van der Waals surface area contributed by atoms with Crippen LogP contribution in [0.4, 0.5) is 13.2 Å². The summed E-state index contributed by atoms with van der Waals surface area (Å²) in [5, 5.41) is 13.6. The molecule has 1 unspecified atom stereocenters. The van der Waals surface area contributed by atoms with Crippen molar-refractivity contribution in [3.05, 3.63) is 53.3 Å². The summed E-state index contributed by atoms with van der Waals surface area (Å²) in [5.41, 5.74) is -1.41. The van der Waals surface area contributed by atoms with E-state index in [2.05, 4.69) is 20.6 Å². The van der Waals surface area contributed by atoms with Gasteiger partial charge < -0.3 is 19.5 Å². The number of carbonyl (C=O) groups is 1.